The monoisotopic (exact) mass is 222 g/mol. The van der Waals surface area contributed by atoms with Gasteiger partial charge in [0.2, 0.25) is 0 Å². The molecule has 1 rings (SSSR count). The summed E-state index contributed by atoms with van der Waals surface area (Å²) in [6, 6.07) is 8.10. The quantitative estimate of drug-likeness (QED) is 0.695. The predicted octanol–water partition coefficient (Wildman–Crippen LogP) is 2.35. The molecule has 0 radical (unpaired) electrons. The molecule has 0 aliphatic rings. The van der Waals surface area contributed by atoms with Crippen molar-refractivity contribution < 1.29 is 4.74 Å². The van der Waals surface area contributed by atoms with Gasteiger partial charge in [-0.05, 0) is 25.1 Å². The maximum Gasteiger partial charge on any atom is 0.121 e. The standard InChI is InChI=1S/C13H22N2O/c1-11(2)10-16-13-6-4-5-12(9-13)15-8-7-14-3/h4-6,9,11,14-15H,7-8,10H2,1-3H3. The van der Waals surface area contributed by atoms with Gasteiger partial charge < -0.3 is 15.4 Å². The van der Waals surface area contributed by atoms with Crippen molar-refractivity contribution in [3.63, 3.8) is 0 Å². The topological polar surface area (TPSA) is 33.3 Å². The molecule has 0 saturated carbocycles. The molecule has 90 valence electrons. The molecule has 0 aromatic heterocycles. The van der Waals surface area contributed by atoms with Gasteiger partial charge in [-0.25, -0.2) is 0 Å². The first-order valence-electron chi connectivity index (χ1n) is 5.83. The summed E-state index contributed by atoms with van der Waals surface area (Å²) in [6.07, 6.45) is 0. The molecule has 1 aromatic carbocycles. The largest absolute Gasteiger partial charge is 0.493 e. The van der Waals surface area contributed by atoms with Crippen molar-refractivity contribution in [1.29, 1.82) is 0 Å². The van der Waals surface area contributed by atoms with Gasteiger partial charge in [-0.1, -0.05) is 19.9 Å². The molecule has 2 N–H and O–H groups in total. The highest BCUT2D eigenvalue weighted by atomic mass is 16.5. The molecule has 0 aliphatic carbocycles. The SMILES string of the molecule is CNCCNc1cccc(OCC(C)C)c1. The lowest BCUT2D eigenvalue weighted by atomic mass is 10.2. The molecule has 0 unspecified atom stereocenters. The van der Waals surface area contributed by atoms with E-state index in [0.717, 1.165) is 31.1 Å². The van der Waals surface area contributed by atoms with E-state index in [1.807, 2.05) is 25.2 Å². The lowest BCUT2D eigenvalue weighted by Gasteiger charge is -2.11. The second-order valence-electron chi connectivity index (χ2n) is 4.26. The Bertz CT molecular complexity index is 300. The fraction of sp³-hybridized carbons (Fsp3) is 0.538. The minimum absolute atomic E-state index is 0.556. The van der Waals surface area contributed by atoms with E-state index in [4.69, 9.17) is 4.74 Å². The molecule has 3 nitrogen and oxygen atoms in total. The first-order valence-corrected chi connectivity index (χ1v) is 5.83. The first-order chi connectivity index (χ1) is 7.72. The van der Waals surface area contributed by atoms with Crippen LogP contribution in [-0.2, 0) is 0 Å². The molecule has 0 spiro atoms. The molecule has 0 amide bonds. The zero-order valence-corrected chi connectivity index (χ0v) is 10.4. The summed E-state index contributed by atoms with van der Waals surface area (Å²) in [5.74, 6) is 1.49. The van der Waals surface area contributed by atoms with Gasteiger partial charge in [0, 0.05) is 24.8 Å². The molecule has 0 bridgehead atoms. The van der Waals surface area contributed by atoms with E-state index in [1.54, 1.807) is 0 Å². The van der Waals surface area contributed by atoms with Gasteiger partial charge >= 0.3 is 0 Å². The summed E-state index contributed by atoms with van der Waals surface area (Å²) in [6.45, 7) is 6.94. The lowest BCUT2D eigenvalue weighted by molar-refractivity contribution is 0.271. The summed E-state index contributed by atoms with van der Waals surface area (Å²) in [5, 5.41) is 6.43. The van der Waals surface area contributed by atoms with Crippen LogP contribution in [0.25, 0.3) is 0 Å². The van der Waals surface area contributed by atoms with Crippen molar-refractivity contribution in [2.75, 3.05) is 32.1 Å². The zero-order valence-electron chi connectivity index (χ0n) is 10.4. The van der Waals surface area contributed by atoms with E-state index in [1.165, 1.54) is 0 Å². The predicted molar refractivity (Wildman–Crippen MR) is 69.2 cm³/mol. The van der Waals surface area contributed by atoms with E-state index >= 15 is 0 Å². The van der Waals surface area contributed by atoms with Gasteiger partial charge in [0.15, 0.2) is 0 Å². The van der Waals surface area contributed by atoms with Crippen LogP contribution in [0, 0.1) is 5.92 Å². The third kappa shape index (κ3) is 5.03. The minimum Gasteiger partial charge on any atom is -0.493 e. The summed E-state index contributed by atoms with van der Waals surface area (Å²) < 4.78 is 5.66. The van der Waals surface area contributed by atoms with Crippen LogP contribution in [0.1, 0.15) is 13.8 Å². The normalized spacial score (nSPS) is 10.5. The molecule has 0 aliphatic heterocycles. The van der Waals surface area contributed by atoms with Crippen LogP contribution in [0.2, 0.25) is 0 Å². The van der Waals surface area contributed by atoms with Crippen LogP contribution in [-0.4, -0.2) is 26.7 Å². The average molecular weight is 222 g/mol. The Morgan fingerprint density at radius 3 is 2.75 bits per heavy atom. The van der Waals surface area contributed by atoms with Crippen LogP contribution in [0.5, 0.6) is 5.75 Å². The highest BCUT2D eigenvalue weighted by Crippen LogP contribution is 2.17. The summed E-state index contributed by atoms with van der Waals surface area (Å²) in [5.41, 5.74) is 1.11. The summed E-state index contributed by atoms with van der Waals surface area (Å²) >= 11 is 0. The number of anilines is 1. The zero-order chi connectivity index (χ0) is 11.8. The molecule has 3 heteroatoms. The van der Waals surface area contributed by atoms with Gasteiger partial charge in [-0.3, -0.25) is 0 Å². The van der Waals surface area contributed by atoms with Gasteiger partial charge in [-0.2, -0.15) is 0 Å². The maximum absolute atomic E-state index is 5.66. The lowest BCUT2D eigenvalue weighted by Crippen LogP contribution is -2.17. The molecule has 0 fully saturated rings. The second-order valence-corrected chi connectivity index (χ2v) is 4.26. The Morgan fingerprint density at radius 1 is 1.25 bits per heavy atom. The molecule has 1 aromatic rings. The van der Waals surface area contributed by atoms with Crippen molar-refractivity contribution in [2.45, 2.75) is 13.8 Å². The Morgan fingerprint density at radius 2 is 2.06 bits per heavy atom. The number of rotatable bonds is 7. The molecular weight excluding hydrogens is 200 g/mol. The smallest absolute Gasteiger partial charge is 0.121 e. The van der Waals surface area contributed by atoms with Crippen molar-refractivity contribution in [3.05, 3.63) is 24.3 Å². The third-order valence-corrected chi connectivity index (χ3v) is 2.12. The summed E-state index contributed by atoms with van der Waals surface area (Å²) in [4.78, 5) is 0. The number of likely N-dealkylation sites (N-methyl/N-ethyl adjacent to an activating group) is 1. The Balaban J connectivity index is 2.43. The fourth-order valence-corrected chi connectivity index (χ4v) is 1.29. The van der Waals surface area contributed by atoms with E-state index < -0.39 is 0 Å². The van der Waals surface area contributed by atoms with Gasteiger partial charge in [0.25, 0.3) is 0 Å². The van der Waals surface area contributed by atoms with Crippen molar-refractivity contribution in [2.24, 2.45) is 5.92 Å². The number of nitrogens with one attached hydrogen (secondary N) is 2. The average Bonchev–Trinajstić information content (AvgIpc) is 2.27. The Labute approximate surface area is 98.2 Å². The molecule has 0 saturated heterocycles. The highest BCUT2D eigenvalue weighted by molar-refractivity contribution is 5.48. The third-order valence-electron chi connectivity index (χ3n) is 2.12. The molecule has 16 heavy (non-hydrogen) atoms. The first kappa shape index (κ1) is 12.8. The van der Waals surface area contributed by atoms with E-state index in [-0.39, 0.29) is 0 Å². The summed E-state index contributed by atoms with van der Waals surface area (Å²) in [7, 11) is 1.95. The van der Waals surface area contributed by atoms with E-state index in [2.05, 4.69) is 30.5 Å². The minimum atomic E-state index is 0.556. The van der Waals surface area contributed by atoms with E-state index in [0.29, 0.717) is 5.92 Å². The molecular formula is C13H22N2O. The number of hydrogen-bond acceptors (Lipinski definition) is 3. The van der Waals surface area contributed by atoms with E-state index in [9.17, 15) is 0 Å². The Kier molecular flexibility index (Phi) is 5.72. The number of benzene rings is 1. The van der Waals surface area contributed by atoms with Crippen molar-refractivity contribution >= 4 is 5.69 Å². The van der Waals surface area contributed by atoms with Gasteiger partial charge in [-0.15, -0.1) is 0 Å². The highest BCUT2D eigenvalue weighted by Gasteiger charge is 1.98. The Hall–Kier alpha value is -1.22. The van der Waals surface area contributed by atoms with Crippen LogP contribution in [0.15, 0.2) is 24.3 Å². The molecule has 0 heterocycles. The number of hydrogen-bond donors (Lipinski definition) is 2. The fourth-order valence-electron chi connectivity index (χ4n) is 1.29. The number of ether oxygens (including phenoxy) is 1. The second kappa shape index (κ2) is 7.12. The van der Waals surface area contributed by atoms with Crippen LogP contribution >= 0.6 is 0 Å². The molecule has 0 atom stereocenters. The van der Waals surface area contributed by atoms with Gasteiger partial charge in [0.05, 0.1) is 6.61 Å². The van der Waals surface area contributed by atoms with Crippen LogP contribution < -0.4 is 15.4 Å². The van der Waals surface area contributed by atoms with Gasteiger partial charge in [0.1, 0.15) is 5.75 Å². The van der Waals surface area contributed by atoms with Crippen LogP contribution in [0.3, 0.4) is 0 Å². The van der Waals surface area contributed by atoms with Crippen molar-refractivity contribution in [3.8, 4) is 5.75 Å². The maximum atomic E-state index is 5.66. The van der Waals surface area contributed by atoms with Crippen LogP contribution in [0.4, 0.5) is 5.69 Å². The van der Waals surface area contributed by atoms with Crippen molar-refractivity contribution in [1.82, 2.24) is 5.32 Å².